The van der Waals surface area contributed by atoms with Gasteiger partial charge in [0.25, 0.3) is 0 Å². The summed E-state index contributed by atoms with van der Waals surface area (Å²) in [5.41, 5.74) is 0. The molecule has 0 N–H and O–H groups in total. The van der Waals surface area contributed by atoms with Gasteiger partial charge in [0.2, 0.25) is 0 Å². The highest BCUT2D eigenvalue weighted by atomic mass is 16.5. The second-order valence-corrected chi connectivity index (χ2v) is 4.58. The zero-order valence-electron chi connectivity index (χ0n) is 23.4. The van der Waals surface area contributed by atoms with Crippen LogP contribution in [0.2, 0.25) is 0 Å². The highest BCUT2D eigenvalue weighted by Crippen LogP contribution is 1.95. The van der Waals surface area contributed by atoms with Crippen molar-refractivity contribution in [3.63, 3.8) is 0 Å². The monoisotopic (exact) mass is 448 g/mol. The molecule has 0 radical (unpaired) electrons. The average molecular weight is 449 g/mol. The molecular formula is C30H56O2. The molecule has 0 aliphatic heterocycles. The molecule has 0 spiro atoms. The lowest BCUT2D eigenvalue weighted by Gasteiger charge is -1.95. The number of methoxy groups -OCH3 is 2. The zero-order valence-corrected chi connectivity index (χ0v) is 23.4. The Balaban J connectivity index is -0.0000000496. The Morgan fingerprint density at radius 3 is 1.19 bits per heavy atom. The Morgan fingerprint density at radius 1 is 0.688 bits per heavy atom. The first-order chi connectivity index (χ1) is 15.4. The third-order valence-corrected chi connectivity index (χ3v) is 1.96. The van der Waals surface area contributed by atoms with Crippen molar-refractivity contribution in [2.24, 2.45) is 0 Å². The second kappa shape index (κ2) is 70.5. The van der Waals surface area contributed by atoms with Crippen LogP contribution in [0.4, 0.5) is 0 Å². The maximum Gasteiger partial charge on any atom is 0.118 e. The van der Waals surface area contributed by atoms with Crippen LogP contribution in [0.5, 0.6) is 0 Å². The molecule has 0 bridgehead atoms. The van der Waals surface area contributed by atoms with E-state index in [9.17, 15) is 0 Å². The largest absolute Gasteiger partial charge is 0.497 e. The van der Waals surface area contributed by atoms with Gasteiger partial charge in [-0.05, 0) is 45.1 Å². The number of hydrogen-bond acceptors (Lipinski definition) is 2. The van der Waals surface area contributed by atoms with E-state index in [4.69, 9.17) is 9.47 Å². The molecule has 0 aromatic carbocycles. The van der Waals surface area contributed by atoms with E-state index in [0.29, 0.717) is 0 Å². The Bertz CT molecular complexity index is 461. The normalized spacial score (nSPS) is 8.72. The molecule has 2 nitrogen and oxygen atoms in total. The van der Waals surface area contributed by atoms with E-state index in [2.05, 4.69) is 46.7 Å². The third kappa shape index (κ3) is 92.4. The molecule has 0 atom stereocenters. The number of ether oxygens (including phenoxy) is 2. The Kier molecular flexibility index (Phi) is 104. The summed E-state index contributed by atoms with van der Waals surface area (Å²) in [6.45, 7) is 35.4. The van der Waals surface area contributed by atoms with E-state index in [-0.39, 0.29) is 0 Å². The van der Waals surface area contributed by atoms with Gasteiger partial charge in [0.15, 0.2) is 0 Å². The van der Waals surface area contributed by atoms with E-state index in [1.54, 1.807) is 50.7 Å². The maximum atomic E-state index is 4.93. The van der Waals surface area contributed by atoms with Crippen molar-refractivity contribution in [2.75, 3.05) is 14.2 Å². The van der Waals surface area contributed by atoms with Crippen LogP contribution in [0.15, 0.2) is 111 Å². The maximum absolute atomic E-state index is 4.93. The van der Waals surface area contributed by atoms with Crippen LogP contribution in [0.3, 0.4) is 0 Å². The van der Waals surface area contributed by atoms with Gasteiger partial charge in [-0.1, -0.05) is 117 Å². The predicted octanol–water partition coefficient (Wildman–Crippen LogP) is 10.6. The predicted molar refractivity (Wildman–Crippen MR) is 155 cm³/mol. The Hall–Kier alpha value is -2.74. The summed E-state index contributed by atoms with van der Waals surface area (Å²) in [4.78, 5) is 0. The minimum Gasteiger partial charge on any atom is -0.497 e. The molecule has 32 heavy (non-hydrogen) atoms. The van der Waals surface area contributed by atoms with Crippen LogP contribution in [0, 0.1) is 0 Å². The summed E-state index contributed by atoms with van der Waals surface area (Å²) in [5, 5.41) is 0. The van der Waals surface area contributed by atoms with Crippen molar-refractivity contribution in [3.8, 4) is 0 Å². The molecule has 0 aliphatic rings. The summed E-state index contributed by atoms with van der Waals surface area (Å²) < 4.78 is 9.74. The van der Waals surface area contributed by atoms with E-state index >= 15 is 0 Å². The summed E-state index contributed by atoms with van der Waals surface area (Å²) in [7, 11) is 3.24. The van der Waals surface area contributed by atoms with Gasteiger partial charge in [0, 0.05) is 0 Å². The number of hydrogen-bond donors (Lipinski definition) is 0. The van der Waals surface area contributed by atoms with Gasteiger partial charge in [-0.25, -0.2) is 0 Å². The van der Waals surface area contributed by atoms with Crippen molar-refractivity contribution >= 4 is 0 Å². The molecule has 0 saturated carbocycles. The molecule has 0 fully saturated rings. The van der Waals surface area contributed by atoms with Crippen molar-refractivity contribution in [1.82, 2.24) is 0 Å². The molecule has 2 heteroatoms. The van der Waals surface area contributed by atoms with Crippen molar-refractivity contribution in [2.45, 2.75) is 68.7 Å². The second-order valence-electron chi connectivity index (χ2n) is 4.58. The summed E-state index contributed by atoms with van der Waals surface area (Å²) in [6.07, 6.45) is 20.9. The van der Waals surface area contributed by atoms with Gasteiger partial charge in [-0.3, -0.25) is 0 Å². The molecule has 0 aromatic rings. The first-order valence-corrected chi connectivity index (χ1v) is 11.2. The van der Waals surface area contributed by atoms with Crippen molar-refractivity contribution in [1.29, 1.82) is 0 Å². The van der Waals surface area contributed by atoms with Gasteiger partial charge in [0.1, 0.15) is 11.5 Å². The van der Waals surface area contributed by atoms with Gasteiger partial charge in [-0.2, -0.15) is 0 Å². The lowest BCUT2D eigenvalue weighted by Crippen LogP contribution is -1.77. The van der Waals surface area contributed by atoms with Crippen LogP contribution >= 0.6 is 0 Å². The van der Waals surface area contributed by atoms with E-state index in [0.717, 1.165) is 11.5 Å². The van der Waals surface area contributed by atoms with Crippen LogP contribution in [-0.4, -0.2) is 14.2 Å². The fourth-order valence-electron chi connectivity index (χ4n) is 0.917. The smallest absolute Gasteiger partial charge is 0.118 e. The molecule has 0 saturated heterocycles. The van der Waals surface area contributed by atoms with E-state index in [1.165, 1.54) is 6.42 Å². The van der Waals surface area contributed by atoms with Gasteiger partial charge in [-0.15, -0.1) is 6.58 Å². The molecule has 0 aliphatic carbocycles. The first kappa shape index (κ1) is 47.2. The lowest BCUT2D eigenvalue weighted by atomic mass is 10.4. The lowest BCUT2D eigenvalue weighted by molar-refractivity contribution is 0.306. The Labute approximate surface area is 203 Å². The molecular weight excluding hydrogens is 392 g/mol. The molecule has 0 unspecified atom stereocenters. The summed E-state index contributed by atoms with van der Waals surface area (Å²) >= 11 is 0. The molecule has 0 heterocycles. The molecule has 0 rings (SSSR count). The minimum absolute atomic E-state index is 0.736. The Morgan fingerprint density at radius 2 is 1.06 bits per heavy atom. The van der Waals surface area contributed by atoms with Crippen molar-refractivity contribution in [3.05, 3.63) is 111 Å². The first-order valence-electron chi connectivity index (χ1n) is 11.2. The van der Waals surface area contributed by atoms with E-state index < -0.39 is 0 Å². The minimum atomic E-state index is 0.736. The standard InChI is InChI=1S/C8H12O.C7H10O.C5H8.C3H8.C3H6.2C2H6/c1-4-6-7-8(5-2)9-3;1-4-6-7(5-2)8-3;1-3-5-4-2;2*1-3-2;2*1-2/h4-7H,1H2,2-3H3;4-6H,1-2H2,3H3;3-5H,1H2,2H3;3H2,1-2H3;3H,1H2,2H3;2*1-2H3/b7-6-,8-5+;7-6+;5-4-;;;;. The number of allylic oxidation sites excluding steroid dienone is 11. The fourth-order valence-corrected chi connectivity index (χ4v) is 0.917. The quantitative estimate of drug-likeness (QED) is 0.219. The number of rotatable bonds is 7. The van der Waals surface area contributed by atoms with Crippen LogP contribution < -0.4 is 0 Å². The van der Waals surface area contributed by atoms with Crippen LogP contribution in [0.25, 0.3) is 0 Å². The summed E-state index contributed by atoms with van der Waals surface area (Å²) in [6, 6.07) is 0. The highest BCUT2D eigenvalue weighted by molar-refractivity contribution is 5.15. The highest BCUT2D eigenvalue weighted by Gasteiger charge is 1.80. The fraction of sp³-hybridized carbons (Fsp3) is 0.400. The van der Waals surface area contributed by atoms with Crippen molar-refractivity contribution < 1.29 is 9.47 Å². The third-order valence-electron chi connectivity index (χ3n) is 1.96. The van der Waals surface area contributed by atoms with E-state index in [1.807, 2.05) is 78.8 Å². The van der Waals surface area contributed by atoms with Crippen LogP contribution in [-0.2, 0) is 9.47 Å². The molecule has 0 amide bonds. The topological polar surface area (TPSA) is 18.5 Å². The average Bonchev–Trinajstić information content (AvgIpc) is 2.83. The molecule has 0 aromatic heterocycles. The van der Waals surface area contributed by atoms with Gasteiger partial charge < -0.3 is 9.47 Å². The van der Waals surface area contributed by atoms with Gasteiger partial charge >= 0.3 is 0 Å². The van der Waals surface area contributed by atoms with Gasteiger partial charge in [0.05, 0.1) is 14.2 Å². The molecule has 188 valence electrons. The summed E-state index contributed by atoms with van der Waals surface area (Å²) in [5.74, 6) is 1.59. The SMILES string of the molecule is C=C/C=C(\C=C)OC.C=C/C=C\C.C=C/C=C\C(=C/C)OC.C=CC.CC.CC.CCC. The van der Waals surface area contributed by atoms with Crippen LogP contribution in [0.1, 0.15) is 68.7 Å². The zero-order chi connectivity index (χ0) is 27.1.